The first-order valence-corrected chi connectivity index (χ1v) is 11.8. The van der Waals surface area contributed by atoms with Gasteiger partial charge in [-0.3, -0.25) is 9.59 Å². The van der Waals surface area contributed by atoms with E-state index in [0.29, 0.717) is 43.4 Å². The van der Waals surface area contributed by atoms with E-state index in [4.69, 9.17) is 13.9 Å². The van der Waals surface area contributed by atoms with Crippen LogP contribution in [0.3, 0.4) is 0 Å². The molecule has 36 heavy (non-hydrogen) atoms. The number of anilines is 1. The van der Waals surface area contributed by atoms with E-state index < -0.39 is 0 Å². The monoisotopic (exact) mass is 493 g/mol. The second kappa shape index (κ2) is 11.1. The molecule has 10 heteroatoms. The van der Waals surface area contributed by atoms with Crippen LogP contribution in [0.15, 0.2) is 53.1 Å². The van der Waals surface area contributed by atoms with Gasteiger partial charge in [0, 0.05) is 43.9 Å². The average molecular weight is 494 g/mol. The molecule has 10 nitrogen and oxygen atoms in total. The van der Waals surface area contributed by atoms with Gasteiger partial charge in [0.1, 0.15) is 18.0 Å². The summed E-state index contributed by atoms with van der Waals surface area (Å²) in [7, 11) is 3.21. The van der Waals surface area contributed by atoms with Gasteiger partial charge in [0.25, 0.3) is 5.91 Å². The standard InChI is InChI=1S/C26H31N5O5/c1-18(2)31(26(33)22-6-5-15-36-22)17-25(32)30-13-11-29(12-14-30)24-10-9-21(27-28-24)20-8-7-19(34-3)16-23(20)35-4/h5-10,15-16,18H,11-14,17H2,1-4H3. The van der Waals surface area contributed by atoms with Crippen molar-refractivity contribution in [2.75, 3.05) is 51.8 Å². The van der Waals surface area contributed by atoms with Crippen molar-refractivity contribution in [3.8, 4) is 22.8 Å². The third-order valence-corrected chi connectivity index (χ3v) is 6.21. The lowest BCUT2D eigenvalue weighted by Crippen LogP contribution is -2.53. The minimum atomic E-state index is -0.286. The van der Waals surface area contributed by atoms with E-state index >= 15 is 0 Å². The van der Waals surface area contributed by atoms with E-state index in [-0.39, 0.29) is 30.2 Å². The third-order valence-electron chi connectivity index (χ3n) is 6.21. The van der Waals surface area contributed by atoms with Crippen molar-refractivity contribution in [1.82, 2.24) is 20.0 Å². The van der Waals surface area contributed by atoms with Gasteiger partial charge >= 0.3 is 0 Å². The Kier molecular flexibility index (Phi) is 7.72. The minimum Gasteiger partial charge on any atom is -0.497 e. The second-order valence-corrected chi connectivity index (χ2v) is 8.71. The molecule has 1 fully saturated rings. The van der Waals surface area contributed by atoms with Crippen molar-refractivity contribution in [2.24, 2.45) is 0 Å². The van der Waals surface area contributed by atoms with Gasteiger partial charge in [0.15, 0.2) is 11.6 Å². The highest BCUT2D eigenvalue weighted by atomic mass is 16.5. The fourth-order valence-corrected chi connectivity index (χ4v) is 4.11. The molecule has 190 valence electrons. The van der Waals surface area contributed by atoms with Crippen LogP contribution in [0.4, 0.5) is 5.82 Å². The first-order chi connectivity index (χ1) is 17.4. The van der Waals surface area contributed by atoms with Gasteiger partial charge in [-0.1, -0.05) is 0 Å². The van der Waals surface area contributed by atoms with Crippen LogP contribution < -0.4 is 14.4 Å². The number of furan rings is 1. The Hall–Kier alpha value is -4.08. The van der Waals surface area contributed by atoms with Gasteiger partial charge in [0.2, 0.25) is 5.91 Å². The Bertz CT molecular complexity index is 1170. The number of aromatic nitrogens is 2. The number of benzene rings is 1. The maximum atomic E-state index is 13.0. The van der Waals surface area contributed by atoms with E-state index in [1.807, 2.05) is 44.2 Å². The van der Waals surface area contributed by atoms with E-state index in [9.17, 15) is 9.59 Å². The summed E-state index contributed by atoms with van der Waals surface area (Å²) in [6, 6.07) is 12.5. The van der Waals surface area contributed by atoms with Crippen LogP contribution in [0.2, 0.25) is 0 Å². The van der Waals surface area contributed by atoms with Gasteiger partial charge in [0.05, 0.1) is 26.2 Å². The SMILES string of the molecule is COc1ccc(-c2ccc(N3CCN(C(=O)CN(C(=O)c4ccco4)C(C)C)CC3)nn2)c(OC)c1. The van der Waals surface area contributed by atoms with Gasteiger partial charge < -0.3 is 28.6 Å². The molecule has 0 aliphatic carbocycles. The Morgan fingerprint density at radius 3 is 2.39 bits per heavy atom. The predicted octanol–water partition coefficient (Wildman–Crippen LogP) is 2.95. The lowest BCUT2D eigenvalue weighted by molar-refractivity contribution is -0.132. The molecule has 4 rings (SSSR count). The smallest absolute Gasteiger partial charge is 0.290 e. The number of amides is 2. The van der Waals surface area contributed by atoms with Crippen LogP contribution in [-0.2, 0) is 4.79 Å². The highest BCUT2D eigenvalue weighted by molar-refractivity contribution is 5.94. The Balaban J connectivity index is 1.36. The molecular weight excluding hydrogens is 462 g/mol. The lowest BCUT2D eigenvalue weighted by Gasteiger charge is -2.36. The predicted molar refractivity (Wildman–Crippen MR) is 134 cm³/mol. The summed E-state index contributed by atoms with van der Waals surface area (Å²) in [4.78, 5) is 31.1. The lowest BCUT2D eigenvalue weighted by atomic mass is 10.1. The zero-order valence-electron chi connectivity index (χ0n) is 21.0. The summed E-state index contributed by atoms with van der Waals surface area (Å²) in [6.45, 7) is 6.10. The second-order valence-electron chi connectivity index (χ2n) is 8.71. The van der Waals surface area contributed by atoms with Crippen LogP contribution in [0.1, 0.15) is 24.4 Å². The number of carbonyl (C=O) groups is 2. The first kappa shape index (κ1) is 25.0. The third kappa shape index (κ3) is 5.42. The fraction of sp³-hybridized carbons (Fsp3) is 0.385. The maximum Gasteiger partial charge on any atom is 0.290 e. The molecule has 1 saturated heterocycles. The molecule has 1 aromatic carbocycles. The number of methoxy groups -OCH3 is 2. The number of hydrogen-bond acceptors (Lipinski definition) is 8. The van der Waals surface area contributed by atoms with Gasteiger partial charge in [-0.15, -0.1) is 10.2 Å². The topological polar surface area (TPSA) is 101 Å². The number of carbonyl (C=O) groups excluding carboxylic acids is 2. The van der Waals surface area contributed by atoms with Crippen molar-refractivity contribution in [1.29, 1.82) is 0 Å². The van der Waals surface area contributed by atoms with Crippen LogP contribution in [0.25, 0.3) is 11.3 Å². The molecule has 0 atom stereocenters. The van der Waals surface area contributed by atoms with Crippen molar-refractivity contribution < 1.29 is 23.5 Å². The summed E-state index contributed by atoms with van der Waals surface area (Å²) in [5.41, 5.74) is 1.52. The number of ether oxygens (including phenoxy) is 2. The van der Waals surface area contributed by atoms with Crippen LogP contribution in [0, 0.1) is 0 Å². The first-order valence-electron chi connectivity index (χ1n) is 11.8. The summed E-state index contributed by atoms with van der Waals surface area (Å²) in [5, 5.41) is 8.81. The van der Waals surface area contributed by atoms with E-state index in [2.05, 4.69) is 15.1 Å². The van der Waals surface area contributed by atoms with Crippen molar-refractivity contribution in [3.05, 3.63) is 54.5 Å². The molecule has 2 amide bonds. The molecule has 3 heterocycles. The molecule has 1 aliphatic heterocycles. The van der Waals surface area contributed by atoms with Crippen LogP contribution in [-0.4, -0.2) is 84.8 Å². The summed E-state index contributed by atoms with van der Waals surface area (Å²) in [6.07, 6.45) is 1.45. The van der Waals surface area contributed by atoms with E-state index in [1.54, 1.807) is 31.3 Å². The highest BCUT2D eigenvalue weighted by Crippen LogP contribution is 2.32. The highest BCUT2D eigenvalue weighted by Gasteiger charge is 2.28. The van der Waals surface area contributed by atoms with Crippen molar-refractivity contribution in [3.63, 3.8) is 0 Å². The number of piperazine rings is 1. The summed E-state index contributed by atoms with van der Waals surface area (Å²) in [5.74, 6) is 1.96. The van der Waals surface area contributed by atoms with Crippen molar-refractivity contribution in [2.45, 2.75) is 19.9 Å². The zero-order valence-corrected chi connectivity index (χ0v) is 21.0. The van der Waals surface area contributed by atoms with Gasteiger partial charge in [-0.05, 0) is 50.2 Å². The molecular formula is C26H31N5O5. The Morgan fingerprint density at radius 1 is 1.03 bits per heavy atom. The van der Waals surface area contributed by atoms with Gasteiger partial charge in [-0.2, -0.15) is 0 Å². The Labute approximate surface area is 210 Å². The number of hydrogen-bond donors (Lipinski definition) is 0. The molecule has 2 aromatic heterocycles. The molecule has 3 aromatic rings. The quantitative estimate of drug-likeness (QED) is 0.472. The number of rotatable bonds is 8. The molecule has 0 bridgehead atoms. The zero-order chi connectivity index (χ0) is 25.7. The molecule has 0 spiro atoms. The fourth-order valence-electron chi connectivity index (χ4n) is 4.11. The normalized spacial score (nSPS) is 13.6. The summed E-state index contributed by atoms with van der Waals surface area (Å²) < 4.78 is 16.0. The van der Waals surface area contributed by atoms with Crippen LogP contribution in [0.5, 0.6) is 11.5 Å². The Morgan fingerprint density at radius 2 is 1.81 bits per heavy atom. The minimum absolute atomic E-state index is 0.00932. The molecule has 0 saturated carbocycles. The maximum absolute atomic E-state index is 13.0. The summed E-state index contributed by atoms with van der Waals surface area (Å²) >= 11 is 0. The molecule has 1 aliphatic rings. The van der Waals surface area contributed by atoms with E-state index in [0.717, 1.165) is 11.4 Å². The number of nitrogens with zero attached hydrogens (tertiary/aromatic N) is 5. The van der Waals surface area contributed by atoms with Crippen LogP contribution >= 0.6 is 0 Å². The van der Waals surface area contributed by atoms with Crippen molar-refractivity contribution >= 4 is 17.6 Å². The average Bonchev–Trinajstić information content (AvgIpc) is 3.46. The molecule has 0 radical (unpaired) electrons. The largest absolute Gasteiger partial charge is 0.497 e. The molecule has 0 unspecified atom stereocenters. The van der Waals surface area contributed by atoms with Gasteiger partial charge in [-0.25, -0.2) is 0 Å². The van der Waals surface area contributed by atoms with E-state index in [1.165, 1.54) is 11.2 Å². The molecule has 0 N–H and O–H groups in total.